The van der Waals surface area contributed by atoms with E-state index in [0.29, 0.717) is 25.7 Å². The summed E-state index contributed by atoms with van der Waals surface area (Å²) in [5, 5.41) is 48.6. The fourth-order valence-electron chi connectivity index (χ4n) is 7.03. The number of carboxylic acids is 1. The van der Waals surface area contributed by atoms with Gasteiger partial charge in [-0.2, -0.15) is 0 Å². The molecule has 1 heterocycles. The Morgan fingerprint density at radius 1 is 0.618 bits per heavy atom. The van der Waals surface area contributed by atoms with Gasteiger partial charge in [0.25, 0.3) is 0 Å². The molecule has 0 unspecified atom stereocenters. The van der Waals surface area contributed by atoms with Crippen molar-refractivity contribution in [2.24, 2.45) is 35.1 Å². The molecule has 0 aromatic rings. The lowest BCUT2D eigenvalue weighted by Gasteiger charge is -2.30. The molecule has 1 aliphatic rings. The van der Waals surface area contributed by atoms with E-state index in [4.69, 9.17) is 11.5 Å². The van der Waals surface area contributed by atoms with Crippen molar-refractivity contribution in [1.82, 2.24) is 47.4 Å². The summed E-state index contributed by atoms with van der Waals surface area (Å²) in [6, 6.07) is -11.8. The molecule has 25 heteroatoms. The van der Waals surface area contributed by atoms with Crippen molar-refractivity contribution in [3.63, 3.8) is 0 Å². The van der Waals surface area contributed by atoms with E-state index in [0.717, 1.165) is 0 Å². The Labute approximate surface area is 396 Å². The minimum atomic E-state index is -1.74. The van der Waals surface area contributed by atoms with Crippen LogP contribution in [0.2, 0.25) is 0 Å². The molecule has 1 aliphatic heterocycles. The lowest BCUT2D eigenvalue weighted by molar-refractivity contribution is -0.144. The molecule has 68 heavy (non-hydrogen) atoms. The van der Waals surface area contributed by atoms with Crippen LogP contribution in [0.25, 0.3) is 0 Å². The fourth-order valence-corrected chi connectivity index (χ4v) is 7.03. The zero-order chi connectivity index (χ0) is 52.2. The predicted molar refractivity (Wildman–Crippen MR) is 244 cm³/mol. The molecule has 10 amide bonds. The van der Waals surface area contributed by atoms with Crippen LogP contribution >= 0.6 is 0 Å². The van der Waals surface area contributed by atoms with E-state index in [2.05, 4.69) is 37.2 Å². The third-order valence-corrected chi connectivity index (χ3v) is 11.6. The van der Waals surface area contributed by atoms with Crippen LogP contribution in [0.15, 0.2) is 0 Å². The highest BCUT2D eigenvalue weighted by Crippen LogP contribution is 2.19. The Kier molecular flexibility index (Phi) is 25.7. The van der Waals surface area contributed by atoms with Crippen LogP contribution in [0.4, 0.5) is 0 Å². The second-order valence-electron chi connectivity index (χ2n) is 18.0. The largest absolute Gasteiger partial charge is 0.480 e. The summed E-state index contributed by atoms with van der Waals surface area (Å²) in [7, 11) is 0. The molecule has 0 spiro atoms. The van der Waals surface area contributed by atoms with Gasteiger partial charge in [0.05, 0.1) is 32.2 Å². The summed E-state index contributed by atoms with van der Waals surface area (Å²) in [4.78, 5) is 143. The number of nitrogens with one attached hydrogen (secondary N) is 8. The minimum Gasteiger partial charge on any atom is -0.480 e. The molecule has 0 aliphatic carbocycles. The lowest BCUT2D eigenvalue weighted by Crippen LogP contribution is -2.61. The van der Waals surface area contributed by atoms with Gasteiger partial charge in [-0.05, 0) is 49.9 Å². The maximum Gasteiger partial charge on any atom is 0.326 e. The molecule has 15 N–H and O–H groups in total. The number of nitrogens with two attached hydrogens (primary N) is 2. The first kappa shape index (κ1) is 60.1. The van der Waals surface area contributed by atoms with Crippen molar-refractivity contribution in [1.29, 1.82) is 0 Å². The van der Waals surface area contributed by atoms with E-state index in [1.54, 1.807) is 41.5 Å². The third-order valence-electron chi connectivity index (χ3n) is 11.6. The van der Waals surface area contributed by atoms with Crippen molar-refractivity contribution in [2.45, 2.75) is 155 Å². The summed E-state index contributed by atoms with van der Waals surface area (Å²) in [6.07, 6.45) is 0.921. The molecule has 0 aromatic carbocycles. The number of carboxylic acid groups (broad SMARTS) is 1. The summed E-state index contributed by atoms with van der Waals surface area (Å²) >= 11 is 0. The molecule has 0 aromatic heterocycles. The van der Waals surface area contributed by atoms with Crippen LogP contribution in [0.1, 0.15) is 101 Å². The first-order chi connectivity index (χ1) is 31.7. The van der Waals surface area contributed by atoms with E-state index in [-0.39, 0.29) is 18.9 Å². The number of primary amides is 1. The third kappa shape index (κ3) is 19.0. The van der Waals surface area contributed by atoms with Gasteiger partial charge in [-0.1, -0.05) is 68.2 Å². The van der Waals surface area contributed by atoms with Gasteiger partial charge in [0.2, 0.25) is 59.1 Å². The van der Waals surface area contributed by atoms with E-state index >= 15 is 0 Å². The first-order valence-electron chi connectivity index (χ1n) is 22.9. The van der Waals surface area contributed by atoms with Crippen LogP contribution < -0.4 is 54.0 Å². The SMILES string of the molecule is CC[C@H](C)[C@H](NC(=O)[C@H](CO)NC(=O)[C@@H](NC(=O)[C@@H](N)CC(C)C)C(C)C)C(=O)N[C@@H](C)C(=O)NCC(=O)N1CCC[C@H]1C(=O)N[C@H](C(=O)N[C@@H](CO)C(=O)N[C@@H](CC(N)=O)C(=O)O)[C@@H](C)CC. The smallest absolute Gasteiger partial charge is 0.326 e. The van der Waals surface area contributed by atoms with Crippen molar-refractivity contribution in [3.8, 4) is 0 Å². The summed E-state index contributed by atoms with van der Waals surface area (Å²) in [5.74, 6) is -11.2. The predicted octanol–water partition coefficient (Wildman–Crippen LogP) is -4.43. The number of aliphatic carboxylic acids is 1. The standard InChI is InChI=1S/C43H75N11O14/c1-10-22(7)33(52-38(62)28(19-56)49-40(64)32(21(5)6)51-36(60)25(44)15-20(3)4)41(65)47-24(9)35(59)46-17-31(58)54-14-12-13-29(54)39(63)53-34(23(8)11-2)42(66)50-27(18-55)37(61)48-26(43(67)68)16-30(45)57/h20-29,32-34,55-56H,10-19,44H2,1-9H3,(H2,45,57)(H,46,59)(H,47,65)(H,48,61)(H,49,64)(H,50,66)(H,51,60)(H,52,62)(H,53,63)(H,67,68)/t22-,23-,24-,25-,26-,27-,28-,29-,32-,33-,34-/m0/s1. The highest BCUT2D eigenvalue weighted by Gasteiger charge is 2.39. The number of nitrogens with zero attached hydrogens (tertiary/aromatic N) is 1. The highest BCUT2D eigenvalue weighted by molar-refractivity contribution is 5.98. The van der Waals surface area contributed by atoms with E-state index in [1.807, 2.05) is 19.2 Å². The van der Waals surface area contributed by atoms with Crippen molar-refractivity contribution in [3.05, 3.63) is 0 Å². The molecule has 1 saturated heterocycles. The molecule has 11 atom stereocenters. The molecule has 0 saturated carbocycles. The van der Waals surface area contributed by atoms with Crippen LogP contribution in [0.3, 0.4) is 0 Å². The Morgan fingerprint density at radius 3 is 1.56 bits per heavy atom. The van der Waals surface area contributed by atoms with Gasteiger partial charge in [0, 0.05) is 6.54 Å². The van der Waals surface area contributed by atoms with Crippen LogP contribution in [-0.2, 0) is 52.7 Å². The summed E-state index contributed by atoms with van der Waals surface area (Å²) < 4.78 is 0. The number of hydrogen-bond acceptors (Lipinski definition) is 14. The number of aliphatic hydroxyl groups excluding tert-OH is 2. The molecule has 0 radical (unpaired) electrons. The number of likely N-dealkylation sites (tertiary alicyclic amines) is 1. The lowest BCUT2D eigenvalue weighted by atomic mass is 9.97. The first-order valence-corrected chi connectivity index (χ1v) is 22.9. The molecule has 386 valence electrons. The Hall–Kier alpha value is -5.95. The maximum atomic E-state index is 13.6. The summed E-state index contributed by atoms with van der Waals surface area (Å²) in [6.45, 7) is 12.9. The van der Waals surface area contributed by atoms with Crippen molar-refractivity contribution < 1.29 is 68.1 Å². The number of carbonyl (C=O) groups excluding carboxylic acids is 10. The Balaban J connectivity index is 2.99. The topological polar surface area (TPSA) is 400 Å². The minimum absolute atomic E-state index is 0.114. The average molecular weight is 970 g/mol. The number of rotatable bonds is 29. The zero-order valence-electron chi connectivity index (χ0n) is 40.5. The Morgan fingerprint density at radius 2 is 1.09 bits per heavy atom. The molecular formula is C43H75N11O14. The van der Waals surface area contributed by atoms with Gasteiger partial charge < -0.3 is 74.2 Å². The highest BCUT2D eigenvalue weighted by atomic mass is 16.4. The van der Waals surface area contributed by atoms with E-state index in [1.165, 1.54) is 11.8 Å². The van der Waals surface area contributed by atoms with Gasteiger partial charge >= 0.3 is 5.97 Å². The zero-order valence-corrected chi connectivity index (χ0v) is 40.5. The number of hydrogen-bond donors (Lipinski definition) is 13. The van der Waals surface area contributed by atoms with Crippen molar-refractivity contribution >= 4 is 65.0 Å². The quantitative estimate of drug-likeness (QED) is 0.0337. The van der Waals surface area contributed by atoms with Gasteiger partial charge in [0.1, 0.15) is 48.3 Å². The number of aliphatic hydroxyl groups is 2. The van der Waals surface area contributed by atoms with Crippen LogP contribution in [0, 0.1) is 23.7 Å². The number of amides is 10. The number of carbonyl (C=O) groups is 11. The molecule has 1 rings (SSSR count). The molecule has 25 nitrogen and oxygen atoms in total. The van der Waals surface area contributed by atoms with Crippen LogP contribution in [-0.4, -0.2) is 166 Å². The molecule has 1 fully saturated rings. The van der Waals surface area contributed by atoms with Gasteiger partial charge in [-0.15, -0.1) is 0 Å². The monoisotopic (exact) mass is 970 g/mol. The van der Waals surface area contributed by atoms with Gasteiger partial charge in [0.15, 0.2) is 0 Å². The molecular weight excluding hydrogens is 895 g/mol. The summed E-state index contributed by atoms with van der Waals surface area (Å²) in [5.41, 5.74) is 11.0. The van der Waals surface area contributed by atoms with Gasteiger partial charge in [-0.3, -0.25) is 47.9 Å². The van der Waals surface area contributed by atoms with E-state index in [9.17, 15) is 68.1 Å². The second kappa shape index (κ2) is 29.1. The average Bonchev–Trinajstić information content (AvgIpc) is 3.78. The Bertz CT molecular complexity index is 1800. The van der Waals surface area contributed by atoms with E-state index < -0.39 is 163 Å². The normalized spacial score (nSPS) is 17.9. The second-order valence-corrected chi connectivity index (χ2v) is 18.0. The fraction of sp³-hybridized carbons (Fsp3) is 0.744. The van der Waals surface area contributed by atoms with Gasteiger partial charge in [-0.25, -0.2) is 4.79 Å². The van der Waals surface area contributed by atoms with Crippen LogP contribution in [0.5, 0.6) is 0 Å². The van der Waals surface area contributed by atoms with Crippen molar-refractivity contribution in [2.75, 3.05) is 26.3 Å². The maximum absolute atomic E-state index is 13.6. The molecule has 0 bridgehead atoms.